The van der Waals surface area contributed by atoms with Crippen LogP contribution < -0.4 is 4.74 Å². The standard InChI is InChI=1S/C21H29NO3/c23-21(19-6-7-20-18(12-19)9-11-25-20)22(14-17-8-10-24-15-17)13-16-4-2-1-3-5-16/h6-7,12,16-17H,1-5,8-11,13-15H2/t17-/m1/s1. The molecular weight excluding hydrogens is 314 g/mol. The van der Waals surface area contributed by atoms with Crippen molar-refractivity contribution in [3.05, 3.63) is 29.3 Å². The first kappa shape index (κ1) is 16.9. The SMILES string of the molecule is O=C(c1ccc2c(c1)CCO2)N(CC1CCCCC1)C[C@H]1CCOC1. The van der Waals surface area contributed by atoms with E-state index in [4.69, 9.17) is 9.47 Å². The van der Waals surface area contributed by atoms with E-state index in [9.17, 15) is 4.79 Å². The second kappa shape index (κ2) is 7.77. The lowest BCUT2D eigenvalue weighted by Crippen LogP contribution is -2.39. The summed E-state index contributed by atoms with van der Waals surface area (Å²) >= 11 is 0. The molecule has 1 saturated heterocycles. The third-order valence-electron chi connectivity index (χ3n) is 5.93. The molecule has 2 aliphatic heterocycles. The average Bonchev–Trinajstić information content (AvgIpc) is 3.32. The lowest BCUT2D eigenvalue weighted by Gasteiger charge is -2.31. The van der Waals surface area contributed by atoms with E-state index in [0.717, 1.165) is 57.1 Å². The molecule has 2 fully saturated rings. The number of hydrogen-bond donors (Lipinski definition) is 0. The zero-order chi connectivity index (χ0) is 17.1. The van der Waals surface area contributed by atoms with Crippen LogP contribution in [0.4, 0.5) is 0 Å². The van der Waals surface area contributed by atoms with Gasteiger partial charge in [0.15, 0.2) is 0 Å². The van der Waals surface area contributed by atoms with Crippen LogP contribution in [0, 0.1) is 11.8 Å². The highest BCUT2D eigenvalue weighted by Crippen LogP contribution is 2.29. The summed E-state index contributed by atoms with van der Waals surface area (Å²) in [6.45, 7) is 4.11. The van der Waals surface area contributed by atoms with Gasteiger partial charge in [-0.3, -0.25) is 4.79 Å². The molecule has 0 spiro atoms. The monoisotopic (exact) mass is 343 g/mol. The molecule has 25 heavy (non-hydrogen) atoms. The molecule has 1 saturated carbocycles. The molecule has 0 aromatic heterocycles. The van der Waals surface area contributed by atoms with Gasteiger partial charge in [-0.15, -0.1) is 0 Å². The highest BCUT2D eigenvalue weighted by Gasteiger charge is 2.27. The molecule has 1 aliphatic carbocycles. The van der Waals surface area contributed by atoms with Gasteiger partial charge in [0.2, 0.25) is 0 Å². The fraction of sp³-hybridized carbons (Fsp3) is 0.667. The predicted octanol–water partition coefficient (Wildman–Crippen LogP) is 3.68. The third-order valence-corrected chi connectivity index (χ3v) is 5.93. The second-order valence-corrected chi connectivity index (χ2v) is 7.86. The Morgan fingerprint density at radius 3 is 2.68 bits per heavy atom. The van der Waals surface area contributed by atoms with E-state index in [1.54, 1.807) is 0 Å². The molecule has 0 radical (unpaired) electrons. The quantitative estimate of drug-likeness (QED) is 0.819. The molecule has 4 rings (SSSR count). The van der Waals surface area contributed by atoms with Crippen molar-refractivity contribution >= 4 is 5.91 Å². The molecular formula is C21H29NO3. The minimum atomic E-state index is 0.187. The van der Waals surface area contributed by atoms with Crippen LogP contribution in [0.15, 0.2) is 18.2 Å². The van der Waals surface area contributed by atoms with Crippen molar-refractivity contribution in [2.45, 2.75) is 44.9 Å². The van der Waals surface area contributed by atoms with Crippen molar-refractivity contribution in [1.29, 1.82) is 0 Å². The van der Waals surface area contributed by atoms with Gasteiger partial charge in [-0.25, -0.2) is 0 Å². The van der Waals surface area contributed by atoms with E-state index < -0.39 is 0 Å². The maximum atomic E-state index is 13.3. The van der Waals surface area contributed by atoms with Crippen molar-refractivity contribution in [3.63, 3.8) is 0 Å². The zero-order valence-electron chi connectivity index (χ0n) is 15.0. The van der Waals surface area contributed by atoms with Crippen LogP contribution in [0.25, 0.3) is 0 Å². The fourth-order valence-corrected chi connectivity index (χ4v) is 4.46. The Labute approximate surface area is 150 Å². The number of carbonyl (C=O) groups is 1. The lowest BCUT2D eigenvalue weighted by molar-refractivity contribution is 0.0673. The topological polar surface area (TPSA) is 38.8 Å². The summed E-state index contributed by atoms with van der Waals surface area (Å²) in [5.41, 5.74) is 1.99. The Balaban J connectivity index is 1.49. The molecule has 136 valence electrons. The normalized spacial score (nSPS) is 23.3. The summed E-state index contributed by atoms with van der Waals surface area (Å²) in [5.74, 6) is 2.29. The first-order valence-electron chi connectivity index (χ1n) is 9.92. The second-order valence-electron chi connectivity index (χ2n) is 7.86. The fourth-order valence-electron chi connectivity index (χ4n) is 4.46. The molecule has 1 aromatic rings. The Morgan fingerprint density at radius 1 is 1.04 bits per heavy atom. The van der Waals surface area contributed by atoms with Gasteiger partial charge in [-0.1, -0.05) is 19.3 Å². The van der Waals surface area contributed by atoms with Crippen molar-refractivity contribution in [2.24, 2.45) is 11.8 Å². The molecule has 1 atom stereocenters. The first-order valence-corrected chi connectivity index (χ1v) is 9.92. The van der Waals surface area contributed by atoms with Gasteiger partial charge >= 0.3 is 0 Å². The van der Waals surface area contributed by atoms with Gasteiger partial charge in [-0.2, -0.15) is 0 Å². The number of hydrogen-bond acceptors (Lipinski definition) is 3. The summed E-state index contributed by atoms with van der Waals surface area (Å²) in [6.07, 6.45) is 8.50. The maximum absolute atomic E-state index is 13.3. The largest absolute Gasteiger partial charge is 0.493 e. The Bertz CT molecular complexity index is 603. The minimum Gasteiger partial charge on any atom is -0.493 e. The molecule has 0 bridgehead atoms. The number of rotatable bonds is 5. The van der Waals surface area contributed by atoms with E-state index in [-0.39, 0.29) is 5.91 Å². The molecule has 0 unspecified atom stereocenters. The smallest absolute Gasteiger partial charge is 0.253 e. The summed E-state index contributed by atoms with van der Waals surface area (Å²) in [6, 6.07) is 5.95. The molecule has 0 N–H and O–H groups in total. The van der Waals surface area contributed by atoms with Crippen LogP contribution >= 0.6 is 0 Å². The molecule has 4 heteroatoms. The van der Waals surface area contributed by atoms with Crippen molar-refractivity contribution < 1.29 is 14.3 Å². The number of carbonyl (C=O) groups excluding carboxylic acids is 1. The predicted molar refractivity (Wildman–Crippen MR) is 97.0 cm³/mol. The molecule has 3 aliphatic rings. The van der Waals surface area contributed by atoms with Crippen molar-refractivity contribution in [1.82, 2.24) is 4.90 Å². The summed E-state index contributed by atoms with van der Waals surface area (Å²) in [4.78, 5) is 15.4. The van der Waals surface area contributed by atoms with Crippen molar-refractivity contribution in [3.8, 4) is 5.75 Å². The Morgan fingerprint density at radius 2 is 1.88 bits per heavy atom. The van der Waals surface area contributed by atoms with Gasteiger partial charge in [0.25, 0.3) is 5.91 Å². The average molecular weight is 343 g/mol. The summed E-state index contributed by atoms with van der Waals surface area (Å²) in [7, 11) is 0. The summed E-state index contributed by atoms with van der Waals surface area (Å²) in [5, 5.41) is 0. The van der Waals surface area contributed by atoms with E-state index >= 15 is 0 Å². The van der Waals surface area contributed by atoms with Gasteiger partial charge in [0.1, 0.15) is 5.75 Å². The Hall–Kier alpha value is -1.55. The van der Waals surface area contributed by atoms with Crippen LogP contribution in [-0.2, 0) is 11.2 Å². The van der Waals surface area contributed by atoms with E-state index in [1.807, 2.05) is 18.2 Å². The van der Waals surface area contributed by atoms with Crippen LogP contribution in [0.2, 0.25) is 0 Å². The maximum Gasteiger partial charge on any atom is 0.253 e. The van der Waals surface area contributed by atoms with Crippen LogP contribution in [-0.4, -0.2) is 43.7 Å². The van der Waals surface area contributed by atoms with E-state index in [0.29, 0.717) is 11.8 Å². The number of nitrogens with zero attached hydrogens (tertiary/aromatic N) is 1. The van der Waals surface area contributed by atoms with Gasteiger partial charge in [-0.05, 0) is 48.9 Å². The van der Waals surface area contributed by atoms with Crippen molar-refractivity contribution in [2.75, 3.05) is 32.9 Å². The van der Waals surface area contributed by atoms with E-state index in [2.05, 4.69) is 4.90 Å². The third kappa shape index (κ3) is 4.00. The number of ether oxygens (including phenoxy) is 2. The lowest BCUT2D eigenvalue weighted by atomic mass is 9.88. The number of benzene rings is 1. The molecule has 2 heterocycles. The van der Waals surface area contributed by atoms with Crippen LogP contribution in [0.3, 0.4) is 0 Å². The van der Waals surface area contributed by atoms with Crippen LogP contribution in [0.1, 0.15) is 54.4 Å². The molecule has 1 aromatic carbocycles. The number of amides is 1. The highest BCUT2D eigenvalue weighted by atomic mass is 16.5. The van der Waals surface area contributed by atoms with E-state index in [1.165, 1.54) is 37.7 Å². The highest BCUT2D eigenvalue weighted by molar-refractivity contribution is 5.94. The Kier molecular flexibility index (Phi) is 5.25. The van der Waals surface area contributed by atoms with Gasteiger partial charge in [0.05, 0.1) is 13.2 Å². The number of fused-ring (bicyclic) bond motifs is 1. The van der Waals surface area contributed by atoms with Gasteiger partial charge < -0.3 is 14.4 Å². The summed E-state index contributed by atoms with van der Waals surface area (Å²) < 4.78 is 11.1. The molecule has 1 amide bonds. The van der Waals surface area contributed by atoms with Crippen LogP contribution in [0.5, 0.6) is 5.75 Å². The first-order chi connectivity index (χ1) is 12.3. The zero-order valence-corrected chi connectivity index (χ0v) is 15.0. The molecule has 4 nitrogen and oxygen atoms in total. The minimum absolute atomic E-state index is 0.187. The van der Waals surface area contributed by atoms with Gasteiger partial charge in [0, 0.05) is 37.6 Å².